The average Bonchev–Trinajstić information content (AvgIpc) is 2.94. The Morgan fingerprint density at radius 3 is 2.52 bits per heavy atom. The third-order valence-electron chi connectivity index (χ3n) is 3.42. The Balaban J connectivity index is 1.85. The molecule has 0 atom stereocenters. The largest absolute Gasteiger partial charge is 0.280 e. The number of hydrogen-bond acceptors (Lipinski definition) is 4. The van der Waals surface area contributed by atoms with Crippen molar-refractivity contribution in [2.75, 3.05) is 4.72 Å². The predicted molar refractivity (Wildman–Crippen MR) is 87.7 cm³/mol. The van der Waals surface area contributed by atoms with Gasteiger partial charge in [0.15, 0.2) is 0 Å². The molecule has 0 aromatic heterocycles. The molecule has 23 heavy (non-hydrogen) atoms. The van der Waals surface area contributed by atoms with Gasteiger partial charge in [0.1, 0.15) is 0 Å². The molecule has 7 heteroatoms. The number of rotatable bonds is 4. The van der Waals surface area contributed by atoms with E-state index in [0.29, 0.717) is 17.0 Å². The average molecular weight is 329 g/mol. The van der Waals surface area contributed by atoms with Gasteiger partial charge in [-0.15, -0.1) is 0 Å². The Bertz CT molecular complexity index is 887. The SMILES string of the molecule is Cc1ccc(S(=O)(=O)Nc2cccc(C3=NNC(=O)C3)c2)cc1. The maximum Gasteiger partial charge on any atom is 0.261 e. The fourth-order valence-electron chi connectivity index (χ4n) is 2.22. The lowest BCUT2D eigenvalue weighted by Gasteiger charge is -2.09. The van der Waals surface area contributed by atoms with Crippen LogP contribution in [0, 0.1) is 6.92 Å². The molecule has 6 nitrogen and oxygen atoms in total. The highest BCUT2D eigenvalue weighted by Crippen LogP contribution is 2.19. The number of aryl methyl sites for hydroxylation is 1. The van der Waals surface area contributed by atoms with Crippen LogP contribution >= 0.6 is 0 Å². The van der Waals surface area contributed by atoms with E-state index in [1.165, 1.54) is 0 Å². The third kappa shape index (κ3) is 3.40. The van der Waals surface area contributed by atoms with Gasteiger partial charge in [0, 0.05) is 11.3 Å². The highest BCUT2D eigenvalue weighted by atomic mass is 32.2. The highest BCUT2D eigenvalue weighted by Gasteiger charge is 2.18. The molecule has 0 bridgehead atoms. The predicted octanol–water partition coefficient (Wildman–Crippen LogP) is 2.02. The van der Waals surface area contributed by atoms with E-state index in [1.807, 2.05) is 6.92 Å². The summed E-state index contributed by atoms with van der Waals surface area (Å²) in [5, 5.41) is 3.93. The second-order valence-electron chi connectivity index (χ2n) is 5.27. The number of nitrogens with zero attached hydrogens (tertiary/aromatic N) is 1. The summed E-state index contributed by atoms with van der Waals surface area (Å²) in [7, 11) is -3.65. The van der Waals surface area contributed by atoms with Gasteiger partial charge in [-0.1, -0.05) is 29.8 Å². The lowest BCUT2D eigenvalue weighted by atomic mass is 10.1. The van der Waals surface area contributed by atoms with Crippen LogP contribution in [0.1, 0.15) is 17.5 Å². The second kappa shape index (κ2) is 5.85. The highest BCUT2D eigenvalue weighted by molar-refractivity contribution is 7.92. The van der Waals surface area contributed by atoms with E-state index in [-0.39, 0.29) is 17.2 Å². The van der Waals surface area contributed by atoms with E-state index in [2.05, 4.69) is 15.2 Å². The van der Waals surface area contributed by atoms with Crippen LogP contribution in [0.2, 0.25) is 0 Å². The molecule has 1 aliphatic rings. The van der Waals surface area contributed by atoms with Gasteiger partial charge in [0.25, 0.3) is 10.0 Å². The summed E-state index contributed by atoms with van der Waals surface area (Å²) in [4.78, 5) is 11.4. The van der Waals surface area contributed by atoms with Crippen molar-refractivity contribution >= 4 is 27.3 Å². The molecule has 0 saturated heterocycles. The molecular weight excluding hydrogens is 314 g/mol. The summed E-state index contributed by atoms with van der Waals surface area (Å²) in [5.41, 5.74) is 5.08. The first-order chi connectivity index (χ1) is 10.9. The van der Waals surface area contributed by atoms with Crippen molar-refractivity contribution in [1.29, 1.82) is 0 Å². The molecule has 2 N–H and O–H groups in total. The zero-order valence-electron chi connectivity index (χ0n) is 12.4. The van der Waals surface area contributed by atoms with Gasteiger partial charge in [-0.2, -0.15) is 5.10 Å². The van der Waals surface area contributed by atoms with Gasteiger partial charge in [-0.05, 0) is 31.2 Å². The number of hydrogen-bond donors (Lipinski definition) is 2. The number of sulfonamides is 1. The van der Waals surface area contributed by atoms with Crippen molar-refractivity contribution < 1.29 is 13.2 Å². The fraction of sp³-hybridized carbons (Fsp3) is 0.125. The smallest absolute Gasteiger partial charge is 0.261 e. The lowest BCUT2D eigenvalue weighted by Crippen LogP contribution is -2.13. The normalized spacial score (nSPS) is 14.3. The molecule has 2 aromatic rings. The van der Waals surface area contributed by atoms with Crippen LogP contribution in [0.3, 0.4) is 0 Å². The minimum atomic E-state index is -3.65. The number of carbonyl (C=O) groups excluding carboxylic acids is 1. The zero-order valence-corrected chi connectivity index (χ0v) is 13.2. The van der Waals surface area contributed by atoms with Crippen LogP contribution in [0.15, 0.2) is 58.5 Å². The maximum absolute atomic E-state index is 12.4. The Hall–Kier alpha value is -2.67. The first-order valence-electron chi connectivity index (χ1n) is 6.99. The van der Waals surface area contributed by atoms with Crippen LogP contribution in [0.5, 0.6) is 0 Å². The van der Waals surface area contributed by atoms with Gasteiger partial charge < -0.3 is 0 Å². The molecule has 1 aliphatic heterocycles. The molecule has 0 aliphatic carbocycles. The molecule has 0 unspecified atom stereocenters. The van der Waals surface area contributed by atoms with Crippen LogP contribution < -0.4 is 10.1 Å². The summed E-state index contributed by atoms with van der Waals surface area (Å²) in [6.45, 7) is 1.89. The van der Waals surface area contributed by atoms with E-state index < -0.39 is 10.0 Å². The minimum Gasteiger partial charge on any atom is -0.280 e. The monoisotopic (exact) mass is 329 g/mol. The van der Waals surface area contributed by atoms with E-state index in [0.717, 1.165) is 5.56 Å². The standard InChI is InChI=1S/C16H15N3O3S/c1-11-5-7-14(8-6-11)23(21,22)19-13-4-2-3-12(9-13)15-10-16(20)18-17-15/h2-9,19H,10H2,1H3,(H,18,20). The molecular formula is C16H15N3O3S. The molecule has 0 fully saturated rings. The number of benzene rings is 2. The van der Waals surface area contributed by atoms with Gasteiger partial charge in [-0.3, -0.25) is 9.52 Å². The van der Waals surface area contributed by atoms with E-state index in [4.69, 9.17) is 0 Å². The molecule has 1 amide bonds. The number of carbonyl (C=O) groups is 1. The van der Waals surface area contributed by atoms with Crippen molar-refractivity contribution in [2.24, 2.45) is 5.10 Å². The van der Waals surface area contributed by atoms with E-state index >= 15 is 0 Å². The van der Waals surface area contributed by atoms with Crippen LogP contribution in [-0.4, -0.2) is 20.0 Å². The first kappa shape index (κ1) is 15.2. The zero-order chi connectivity index (χ0) is 16.4. The molecule has 3 rings (SSSR count). The molecule has 1 heterocycles. The Morgan fingerprint density at radius 2 is 1.87 bits per heavy atom. The van der Waals surface area contributed by atoms with Gasteiger partial charge >= 0.3 is 0 Å². The van der Waals surface area contributed by atoms with Crippen molar-refractivity contribution in [3.63, 3.8) is 0 Å². The van der Waals surface area contributed by atoms with Gasteiger partial charge in [0.05, 0.1) is 17.0 Å². The molecule has 0 saturated carbocycles. The van der Waals surface area contributed by atoms with Crippen LogP contribution in [-0.2, 0) is 14.8 Å². The van der Waals surface area contributed by atoms with E-state index in [1.54, 1.807) is 48.5 Å². The summed E-state index contributed by atoms with van der Waals surface area (Å²) >= 11 is 0. The van der Waals surface area contributed by atoms with Crippen molar-refractivity contribution in [2.45, 2.75) is 18.2 Å². The molecule has 0 radical (unpaired) electrons. The summed E-state index contributed by atoms with van der Waals surface area (Å²) in [6.07, 6.45) is 0.189. The number of hydrazone groups is 1. The third-order valence-corrected chi connectivity index (χ3v) is 4.82. The number of nitrogens with one attached hydrogen (secondary N) is 2. The van der Waals surface area contributed by atoms with Crippen LogP contribution in [0.25, 0.3) is 0 Å². The Kier molecular flexibility index (Phi) is 3.87. The minimum absolute atomic E-state index is 0.175. The quantitative estimate of drug-likeness (QED) is 0.899. The number of anilines is 1. The topological polar surface area (TPSA) is 87.6 Å². The lowest BCUT2D eigenvalue weighted by molar-refractivity contribution is -0.119. The second-order valence-corrected chi connectivity index (χ2v) is 6.95. The molecule has 0 spiro atoms. The summed E-state index contributed by atoms with van der Waals surface area (Å²) in [5.74, 6) is -0.175. The van der Waals surface area contributed by atoms with Crippen LogP contribution in [0.4, 0.5) is 5.69 Å². The van der Waals surface area contributed by atoms with Gasteiger partial charge in [0.2, 0.25) is 5.91 Å². The number of amides is 1. The van der Waals surface area contributed by atoms with E-state index in [9.17, 15) is 13.2 Å². The maximum atomic E-state index is 12.4. The Labute approximate surface area is 134 Å². The fourth-order valence-corrected chi connectivity index (χ4v) is 3.27. The summed E-state index contributed by atoms with van der Waals surface area (Å²) in [6, 6.07) is 13.4. The summed E-state index contributed by atoms with van der Waals surface area (Å²) < 4.78 is 27.3. The first-order valence-corrected chi connectivity index (χ1v) is 8.48. The van der Waals surface area contributed by atoms with Crippen molar-refractivity contribution in [3.05, 3.63) is 59.7 Å². The Morgan fingerprint density at radius 1 is 1.13 bits per heavy atom. The van der Waals surface area contributed by atoms with Gasteiger partial charge in [-0.25, -0.2) is 13.8 Å². The molecule has 2 aromatic carbocycles. The molecule has 118 valence electrons. The van der Waals surface area contributed by atoms with Crippen molar-refractivity contribution in [3.8, 4) is 0 Å². The van der Waals surface area contributed by atoms with Crippen molar-refractivity contribution in [1.82, 2.24) is 5.43 Å².